The molecule has 0 aliphatic rings. The Bertz CT molecular complexity index is 466. The van der Waals surface area contributed by atoms with Crippen LogP contribution in [0.15, 0.2) is 24.4 Å². The molecule has 1 amide bonds. The Morgan fingerprint density at radius 1 is 1.57 bits per heavy atom. The standard InChI is InChI=1S/C9H8ClN3O/c10-4-9(14)12-7-2-1-3-8-6(7)5-11-13-8/h1-3,5H,4H2,(H,11,13)(H,12,14). The lowest BCUT2D eigenvalue weighted by Gasteiger charge is -2.03. The average Bonchev–Trinajstić information content (AvgIpc) is 2.66. The van der Waals surface area contributed by atoms with Gasteiger partial charge in [-0.3, -0.25) is 9.89 Å². The van der Waals surface area contributed by atoms with Crippen LogP contribution in [0.25, 0.3) is 10.9 Å². The molecule has 0 saturated heterocycles. The molecule has 4 nitrogen and oxygen atoms in total. The highest BCUT2D eigenvalue weighted by atomic mass is 35.5. The van der Waals surface area contributed by atoms with Crippen molar-refractivity contribution in [3.05, 3.63) is 24.4 Å². The molecule has 0 fully saturated rings. The third kappa shape index (κ3) is 1.56. The fourth-order valence-corrected chi connectivity index (χ4v) is 1.33. The maximum atomic E-state index is 11.1. The van der Waals surface area contributed by atoms with E-state index in [0.29, 0.717) is 0 Å². The molecular formula is C9H8ClN3O. The molecule has 0 unspecified atom stereocenters. The molecule has 0 saturated carbocycles. The number of hydrogen-bond donors (Lipinski definition) is 2. The smallest absolute Gasteiger partial charge is 0.239 e. The first kappa shape index (κ1) is 9.02. The van der Waals surface area contributed by atoms with E-state index in [1.165, 1.54) is 0 Å². The molecule has 1 aromatic heterocycles. The molecule has 2 N–H and O–H groups in total. The number of H-pyrrole nitrogens is 1. The molecule has 0 aliphatic carbocycles. The zero-order valence-electron chi connectivity index (χ0n) is 7.25. The van der Waals surface area contributed by atoms with Crippen molar-refractivity contribution in [3.63, 3.8) is 0 Å². The first-order chi connectivity index (χ1) is 6.81. The van der Waals surface area contributed by atoms with Gasteiger partial charge >= 0.3 is 0 Å². The van der Waals surface area contributed by atoms with Crippen LogP contribution >= 0.6 is 11.6 Å². The summed E-state index contributed by atoms with van der Waals surface area (Å²) in [4.78, 5) is 11.1. The topological polar surface area (TPSA) is 57.8 Å². The maximum absolute atomic E-state index is 11.1. The Morgan fingerprint density at radius 3 is 3.21 bits per heavy atom. The number of hydrogen-bond acceptors (Lipinski definition) is 2. The Labute approximate surface area is 85.3 Å². The summed E-state index contributed by atoms with van der Waals surface area (Å²) >= 11 is 5.39. The number of anilines is 1. The van der Waals surface area contributed by atoms with E-state index >= 15 is 0 Å². The Balaban J connectivity index is 2.41. The quantitative estimate of drug-likeness (QED) is 0.741. The number of halogens is 1. The molecule has 72 valence electrons. The average molecular weight is 210 g/mol. The number of rotatable bonds is 2. The van der Waals surface area contributed by atoms with Crippen LogP contribution in [0.1, 0.15) is 0 Å². The third-order valence-electron chi connectivity index (χ3n) is 1.88. The summed E-state index contributed by atoms with van der Waals surface area (Å²) in [5, 5.41) is 10.3. The normalized spacial score (nSPS) is 10.4. The van der Waals surface area contributed by atoms with Gasteiger partial charge in [-0.1, -0.05) is 6.07 Å². The number of carbonyl (C=O) groups is 1. The van der Waals surface area contributed by atoms with Gasteiger partial charge in [-0.25, -0.2) is 0 Å². The third-order valence-corrected chi connectivity index (χ3v) is 2.12. The number of benzene rings is 1. The van der Waals surface area contributed by atoms with Gasteiger partial charge in [0.05, 0.1) is 17.4 Å². The van der Waals surface area contributed by atoms with Crippen molar-refractivity contribution in [1.29, 1.82) is 0 Å². The molecule has 0 atom stereocenters. The van der Waals surface area contributed by atoms with Crippen molar-refractivity contribution in [3.8, 4) is 0 Å². The van der Waals surface area contributed by atoms with Gasteiger partial charge in [0.2, 0.25) is 5.91 Å². The molecular weight excluding hydrogens is 202 g/mol. The predicted octanol–water partition coefficient (Wildman–Crippen LogP) is 1.74. The van der Waals surface area contributed by atoms with Crippen molar-refractivity contribution >= 4 is 34.1 Å². The van der Waals surface area contributed by atoms with Crippen molar-refractivity contribution < 1.29 is 4.79 Å². The van der Waals surface area contributed by atoms with Crippen molar-refractivity contribution in [2.45, 2.75) is 0 Å². The van der Waals surface area contributed by atoms with Gasteiger partial charge < -0.3 is 5.32 Å². The van der Waals surface area contributed by atoms with E-state index in [2.05, 4.69) is 15.5 Å². The number of fused-ring (bicyclic) bond motifs is 1. The monoisotopic (exact) mass is 209 g/mol. The van der Waals surface area contributed by atoms with Crippen LogP contribution in [-0.4, -0.2) is 22.0 Å². The van der Waals surface area contributed by atoms with Crippen LogP contribution in [0.5, 0.6) is 0 Å². The fraction of sp³-hybridized carbons (Fsp3) is 0.111. The summed E-state index contributed by atoms with van der Waals surface area (Å²) < 4.78 is 0. The van der Waals surface area contributed by atoms with Crippen molar-refractivity contribution in [1.82, 2.24) is 10.2 Å². The van der Waals surface area contributed by atoms with Gasteiger partial charge in [0.25, 0.3) is 0 Å². The van der Waals surface area contributed by atoms with Crippen LogP contribution < -0.4 is 5.32 Å². The van der Waals surface area contributed by atoms with Gasteiger partial charge in [0.1, 0.15) is 5.88 Å². The minimum Gasteiger partial charge on any atom is -0.324 e. The van der Waals surface area contributed by atoms with Gasteiger partial charge in [0, 0.05) is 5.39 Å². The van der Waals surface area contributed by atoms with Crippen LogP contribution in [0.2, 0.25) is 0 Å². The Morgan fingerprint density at radius 2 is 2.43 bits per heavy atom. The summed E-state index contributed by atoms with van der Waals surface area (Å²) in [6, 6.07) is 5.53. The molecule has 1 aromatic carbocycles. The molecule has 14 heavy (non-hydrogen) atoms. The van der Waals surface area contributed by atoms with Crippen LogP contribution in [0, 0.1) is 0 Å². The van der Waals surface area contributed by atoms with E-state index in [-0.39, 0.29) is 11.8 Å². The van der Waals surface area contributed by atoms with Crippen LogP contribution in [0.4, 0.5) is 5.69 Å². The second kappa shape index (κ2) is 3.67. The maximum Gasteiger partial charge on any atom is 0.239 e. The van der Waals surface area contributed by atoms with E-state index < -0.39 is 0 Å². The van der Waals surface area contributed by atoms with E-state index in [4.69, 9.17) is 11.6 Å². The number of alkyl halides is 1. The predicted molar refractivity (Wildman–Crippen MR) is 55.4 cm³/mol. The highest BCUT2D eigenvalue weighted by Gasteiger charge is 2.04. The van der Waals surface area contributed by atoms with Gasteiger partial charge in [-0.05, 0) is 12.1 Å². The summed E-state index contributed by atoms with van der Waals surface area (Å²) in [5.74, 6) is -0.269. The lowest BCUT2D eigenvalue weighted by molar-refractivity contribution is -0.113. The zero-order valence-corrected chi connectivity index (χ0v) is 8.01. The molecule has 1 heterocycles. The number of nitrogens with one attached hydrogen (secondary N) is 2. The second-order valence-electron chi connectivity index (χ2n) is 2.82. The highest BCUT2D eigenvalue weighted by molar-refractivity contribution is 6.29. The fourth-order valence-electron chi connectivity index (χ4n) is 1.26. The number of nitrogens with zero attached hydrogens (tertiary/aromatic N) is 1. The number of aromatic nitrogens is 2. The van der Waals surface area contributed by atoms with Gasteiger partial charge in [0.15, 0.2) is 0 Å². The largest absolute Gasteiger partial charge is 0.324 e. The first-order valence-electron chi connectivity index (χ1n) is 4.09. The van der Waals surface area contributed by atoms with Gasteiger partial charge in [-0.15, -0.1) is 11.6 Å². The van der Waals surface area contributed by atoms with Crippen LogP contribution in [0.3, 0.4) is 0 Å². The molecule has 2 aromatic rings. The highest BCUT2D eigenvalue weighted by Crippen LogP contribution is 2.20. The summed E-state index contributed by atoms with van der Waals surface area (Å²) in [5.41, 5.74) is 1.61. The molecule has 0 aliphatic heterocycles. The van der Waals surface area contributed by atoms with Crippen molar-refractivity contribution in [2.24, 2.45) is 0 Å². The number of carbonyl (C=O) groups excluding carboxylic acids is 1. The number of amides is 1. The van der Waals surface area contributed by atoms with Crippen LogP contribution in [-0.2, 0) is 4.79 Å². The molecule has 5 heteroatoms. The Kier molecular flexibility index (Phi) is 2.37. The van der Waals surface area contributed by atoms with E-state index in [1.54, 1.807) is 6.20 Å². The summed E-state index contributed by atoms with van der Waals surface area (Å²) in [7, 11) is 0. The molecule has 0 spiro atoms. The van der Waals surface area contributed by atoms with E-state index in [1.807, 2.05) is 18.2 Å². The molecule has 0 bridgehead atoms. The second-order valence-corrected chi connectivity index (χ2v) is 3.09. The van der Waals surface area contributed by atoms with E-state index in [9.17, 15) is 4.79 Å². The minimum absolute atomic E-state index is 0.0474. The van der Waals surface area contributed by atoms with Gasteiger partial charge in [-0.2, -0.15) is 5.10 Å². The molecule has 2 rings (SSSR count). The Hall–Kier alpha value is -1.55. The summed E-state index contributed by atoms with van der Waals surface area (Å²) in [6.45, 7) is 0. The molecule has 0 radical (unpaired) electrons. The zero-order chi connectivity index (χ0) is 9.97. The number of aromatic amines is 1. The van der Waals surface area contributed by atoms with E-state index in [0.717, 1.165) is 16.6 Å². The van der Waals surface area contributed by atoms with Crippen molar-refractivity contribution in [2.75, 3.05) is 11.2 Å². The SMILES string of the molecule is O=C(CCl)Nc1cccc2[nH]ncc12. The minimum atomic E-state index is -0.222. The summed E-state index contributed by atoms with van der Waals surface area (Å²) in [6.07, 6.45) is 1.67. The lowest BCUT2D eigenvalue weighted by Crippen LogP contribution is -2.12. The lowest BCUT2D eigenvalue weighted by atomic mass is 10.2. The first-order valence-corrected chi connectivity index (χ1v) is 4.62.